The lowest BCUT2D eigenvalue weighted by atomic mass is 9.99. The van der Waals surface area contributed by atoms with E-state index in [0.717, 1.165) is 5.56 Å². The molecule has 0 spiro atoms. The van der Waals surface area contributed by atoms with Gasteiger partial charge in [-0.05, 0) is 39.2 Å². The average molecular weight is 300 g/mol. The van der Waals surface area contributed by atoms with Crippen LogP contribution >= 0.6 is 0 Å². The largest absolute Gasteiger partial charge is 0.115 e. The van der Waals surface area contributed by atoms with Gasteiger partial charge in [0.05, 0.1) is 8.07 Å². The molecule has 0 saturated carbocycles. The molecule has 0 atom stereocenters. The molecular formula is C21H20Si. The maximum atomic E-state index is 5.76. The summed E-state index contributed by atoms with van der Waals surface area (Å²) >= 11 is 0. The van der Waals surface area contributed by atoms with Gasteiger partial charge in [0.15, 0.2) is 0 Å². The van der Waals surface area contributed by atoms with Gasteiger partial charge < -0.3 is 0 Å². The van der Waals surface area contributed by atoms with E-state index in [9.17, 15) is 0 Å². The maximum absolute atomic E-state index is 5.76. The zero-order chi connectivity index (χ0) is 15.7. The van der Waals surface area contributed by atoms with Crippen LogP contribution in [0.15, 0.2) is 60.7 Å². The second-order valence-corrected chi connectivity index (χ2v) is 11.7. The second-order valence-electron chi connectivity index (χ2n) is 6.68. The highest BCUT2D eigenvalue weighted by atomic mass is 28.3. The number of rotatable bonds is 2. The third kappa shape index (κ3) is 2.58. The Morgan fingerprint density at radius 1 is 0.818 bits per heavy atom. The molecule has 0 fully saturated rings. The Labute approximate surface area is 133 Å². The van der Waals surface area contributed by atoms with E-state index >= 15 is 0 Å². The predicted octanol–water partition coefficient (Wildman–Crippen LogP) is 5.03. The molecule has 0 radical (unpaired) electrons. The van der Waals surface area contributed by atoms with Crippen LogP contribution < -0.4 is 5.19 Å². The molecule has 0 unspecified atom stereocenters. The molecule has 3 rings (SSSR count). The van der Waals surface area contributed by atoms with Gasteiger partial charge in [-0.3, -0.25) is 0 Å². The molecule has 0 N–H and O–H groups in total. The van der Waals surface area contributed by atoms with E-state index in [-0.39, 0.29) is 0 Å². The maximum Gasteiger partial charge on any atom is 0.0800 e. The molecule has 0 nitrogen and oxygen atoms in total. The highest BCUT2D eigenvalue weighted by Gasteiger charge is 2.23. The van der Waals surface area contributed by atoms with Crippen LogP contribution in [-0.2, 0) is 0 Å². The summed E-state index contributed by atoms with van der Waals surface area (Å²) in [6.45, 7) is 7.06. The van der Waals surface area contributed by atoms with Crippen molar-refractivity contribution in [2.45, 2.75) is 19.6 Å². The molecule has 0 saturated heterocycles. The van der Waals surface area contributed by atoms with Crippen molar-refractivity contribution in [1.29, 1.82) is 0 Å². The van der Waals surface area contributed by atoms with Crippen molar-refractivity contribution in [1.82, 2.24) is 0 Å². The fourth-order valence-corrected chi connectivity index (χ4v) is 5.08. The molecule has 1 heteroatoms. The first-order valence-corrected chi connectivity index (χ1v) is 11.1. The topological polar surface area (TPSA) is 0 Å². The number of benzene rings is 3. The van der Waals surface area contributed by atoms with Crippen LogP contribution in [0.25, 0.3) is 21.9 Å². The van der Waals surface area contributed by atoms with Crippen molar-refractivity contribution < 1.29 is 0 Å². The predicted molar refractivity (Wildman–Crippen MR) is 100 cm³/mol. The lowest BCUT2D eigenvalue weighted by Gasteiger charge is -2.23. The van der Waals surface area contributed by atoms with Gasteiger partial charge in [0.2, 0.25) is 0 Å². The zero-order valence-electron chi connectivity index (χ0n) is 13.4. The highest BCUT2D eigenvalue weighted by molar-refractivity contribution is 6.90. The number of fused-ring (bicyclic) bond motifs is 1. The van der Waals surface area contributed by atoms with E-state index in [2.05, 4.69) is 86.2 Å². The Morgan fingerprint density at radius 3 is 2.23 bits per heavy atom. The van der Waals surface area contributed by atoms with E-state index in [1.165, 1.54) is 27.1 Å². The number of hydrogen-bond acceptors (Lipinski definition) is 0. The van der Waals surface area contributed by atoms with Gasteiger partial charge in [-0.2, -0.15) is 0 Å². The van der Waals surface area contributed by atoms with Gasteiger partial charge in [0.25, 0.3) is 0 Å². The van der Waals surface area contributed by atoms with Crippen molar-refractivity contribution in [3.05, 3.63) is 66.2 Å². The normalized spacial score (nSPS) is 11.4. The van der Waals surface area contributed by atoms with Crippen LogP contribution in [-0.4, -0.2) is 8.07 Å². The number of terminal acetylenes is 1. The first-order valence-electron chi connectivity index (χ1n) is 7.60. The molecule has 22 heavy (non-hydrogen) atoms. The van der Waals surface area contributed by atoms with Crippen molar-refractivity contribution in [3.63, 3.8) is 0 Å². The molecule has 0 bridgehead atoms. The summed E-state index contributed by atoms with van der Waals surface area (Å²) in [6, 6.07) is 21.5. The van der Waals surface area contributed by atoms with Crippen molar-refractivity contribution >= 4 is 24.0 Å². The standard InChI is InChI=1S/C21H20Si/c1-5-16-11-8-12-20(21(16)22(2,3)4)19-14-13-17-9-6-7-10-18(17)15-19/h1,6-15H,2-4H3. The minimum absolute atomic E-state index is 1.05. The summed E-state index contributed by atoms with van der Waals surface area (Å²) < 4.78 is 0. The summed E-state index contributed by atoms with van der Waals surface area (Å²) in [5.41, 5.74) is 3.60. The Morgan fingerprint density at radius 2 is 1.55 bits per heavy atom. The van der Waals surface area contributed by atoms with Crippen LogP contribution in [0.5, 0.6) is 0 Å². The van der Waals surface area contributed by atoms with Crippen molar-refractivity contribution in [3.8, 4) is 23.5 Å². The Kier molecular flexibility index (Phi) is 3.64. The molecular weight excluding hydrogens is 280 g/mol. The Hall–Kier alpha value is -2.30. The minimum atomic E-state index is -1.54. The molecule has 108 valence electrons. The summed E-state index contributed by atoms with van der Waals surface area (Å²) in [6.07, 6.45) is 5.76. The van der Waals surface area contributed by atoms with Crippen LogP contribution in [0, 0.1) is 12.3 Å². The quantitative estimate of drug-likeness (QED) is 0.460. The van der Waals surface area contributed by atoms with Gasteiger partial charge in [0, 0.05) is 5.56 Å². The van der Waals surface area contributed by atoms with Crippen LogP contribution in [0.4, 0.5) is 0 Å². The molecule has 0 aliphatic rings. The average Bonchev–Trinajstić information content (AvgIpc) is 2.52. The number of hydrogen-bond donors (Lipinski definition) is 0. The third-order valence-corrected chi connectivity index (χ3v) is 6.07. The molecule has 0 aliphatic heterocycles. The van der Waals surface area contributed by atoms with E-state index in [0.29, 0.717) is 0 Å². The van der Waals surface area contributed by atoms with E-state index in [4.69, 9.17) is 6.42 Å². The molecule has 0 aromatic heterocycles. The Balaban J connectivity index is 2.29. The molecule has 3 aromatic rings. The van der Waals surface area contributed by atoms with Crippen molar-refractivity contribution in [2.24, 2.45) is 0 Å². The highest BCUT2D eigenvalue weighted by Crippen LogP contribution is 2.26. The second kappa shape index (κ2) is 5.48. The van der Waals surface area contributed by atoms with Gasteiger partial charge in [-0.25, -0.2) is 0 Å². The van der Waals surface area contributed by atoms with E-state index in [1.54, 1.807) is 0 Å². The van der Waals surface area contributed by atoms with E-state index < -0.39 is 8.07 Å². The summed E-state index contributed by atoms with van der Waals surface area (Å²) in [5.74, 6) is 2.88. The first kappa shape index (κ1) is 14.6. The van der Waals surface area contributed by atoms with Crippen LogP contribution in [0.2, 0.25) is 19.6 Å². The fraction of sp³-hybridized carbons (Fsp3) is 0.143. The molecule has 0 amide bonds. The Bertz CT molecular complexity index is 876. The van der Waals surface area contributed by atoms with Crippen molar-refractivity contribution in [2.75, 3.05) is 0 Å². The van der Waals surface area contributed by atoms with Gasteiger partial charge in [-0.1, -0.05) is 74.1 Å². The SMILES string of the molecule is C#Cc1cccc(-c2ccc3ccccc3c2)c1[Si](C)(C)C. The van der Waals surface area contributed by atoms with Crippen LogP contribution in [0.1, 0.15) is 5.56 Å². The third-order valence-electron chi connectivity index (χ3n) is 4.03. The molecule has 0 aliphatic carbocycles. The lowest BCUT2D eigenvalue weighted by Crippen LogP contribution is -2.41. The van der Waals surface area contributed by atoms with Gasteiger partial charge in [-0.15, -0.1) is 6.42 Å². The minimum Gasteiger partial charge on any atom is -0.115 e. The summed E-state index contributed by atoms with van der Waals surface area (Å²) in [4.78, 5) is 0. The zero-order valence-corrected chi connectivity index (χ0v) is 14.4. The molecule has 0 heterocycles. The molecule has 3 aromatic carbocycles. The lowest BCUT2D eigenvalue weighted by molar-refractivity contribution is 1.61. The van der Waals surface area contributed by atoms with Gasteiger partial charge >= 0.3 is 0 Å². The van der Waals surface area contributed by atoms with Crippen LogP contribution in [0.3, 0.4) is 0 Å². The first-order chi connectivity index (χ1) is 10.5. The summed E-state index contributed by atoms with van der Waals surface area (Å²) in [5, 5.41) is 3.93. The smallest absolute Gasteiger partial charge is 0.0800 e. The summed E-state index contributed by atoms with van der Waals surface area (Å²) in [7, 11) is -1.54. The fourth-order valence-electron chi connectivity index (χ4n) is 3.08. The van der Waals surface area contributed by atoms with Gasteiger partial charge in [0.1, 0.15) is 0 Å². The van der Waals surface area contributed by atoms with E-state index in [1.807, 2.05) is 0 Å². The monoisotopic (exact) mass is 300 g/mol.